The zero-order valence-electron chi connectivity index (χ0n) is 9.53. The van der Waals surface area contributed by atoms with Gasteiger partial charge in [-0.1, -0.05) is 26.7 Å². The van der Waals surface area contributed by atoms with Crippen LogP contribution < -0.4 is 10.6 Å². The van der Waals surface area contributed by atoms with E-state index < -0.39 is 0 Å². The molecule has 0 aromatic carbocycles. The van der Waals surface area contributed by atoms with Crippen molar-refractivity contribution in [2.75, 3.05) is 26.7 Å². The highest BCUT2D eigenvalue weighted by atomic mass is 14.8. The Hall–Kier alpha value is -0.0800. The summed E-state index contributed by atoms with van der Waals surface area (Å²) >= 11 is 0. The molecule has 2 heteroatoms. The van der Waals surface area contributed by atoms with Crippen molar-refractivity contribution >= 4 is 0 Å². The van der Waals surface area contributed by atoms with Gasteiger partial charge in [0.15, 0.2) is 0 Å². The smallest absolute Gasteiger partial charge is 0.00258 e. The zero-order valence-corrected chi connectivity index (χ0v) is 9.53. The van der Waals surface area contributed by atoms with Gasteiger partial charge in [0.2, 0.25) is 0 Å². The number of hydrogen-bond donors (Lipinski definition) is 2. The third-order valence-electron chi connectivity index (χ3n) is 2.08. The summed E-state index contributed by atoms with van der Waals surface area (Å²) in [6.45, 7) is 8.02. The molecule has 0 aromatic heterocycles. The van der Waals surface area contributed by atoms with Crippen LogP contribution in [0.5, 0.6) is 0 Å². The Morgan fingerprint density at radius 1 is 0.923 bits per heavy atom. The van der Waals surface area contributed by atoms with Crippen molar-refractivity contribution in [2.24, 2.45) is 5.92 Å². The van der Waals surface area contributed by atoms with E-state index in [1.807, 2.05) is 7.05 Å². The predicted molar refractivity (Wildman–Crippen MR) is 60.1 cm³/mol. The van der Waals surface area contributed by atoms with Gasteiger partial charge < -0.3 is 10.6 Å². The van der Waals surface area contributed by atoms with Crippen LogP contribution in [-0.4, -0.2) is 26.7 Å². The molecular weight excluding hydrogens is 160 g/mol. The molecule has 2 N–H and O–H groups in total. The van der Waals surface area contributed by atoms with Crippen molar-refractivity contribution in [1.82, 2.24) is 10.6 Å². The molecule has 0 aliphatic heterocycles. The molecule has 0 radical (unpaired) electrons. The van der Waals surface area contributed by atoms with Crippen LogP contribution in [0.2, 0.25) is 0 Å². The van der Waals surface area contributed by atoms with Gasteiger partial charge >= 0.3 is 0 Å². The maximum absolute atomic E-state index is 3.46. The molecule has 0 amide bonds. The summed E-state index contributed by atoms with van der Waals surface area (Å²) in [6.07, 6.45) is 5.38. The molecule has 0 saturated carbocycles. The first-order chi connectivity index (χ1) is 6.27. The van der Waals surface area contributed by atoms with E-state index in [1.165, 1.54) is 38.8 Å². The van der Waals surface area contributed by atoms with Crippen molar-refractivity contribution in [3.63, 3.8) is 0 Å². The summed E-state index contributed by atoms with van der Waals surface area (Å²) in [6, 6.07) is 0. The highest BCUT2D eigenvalue weighted by Crippen LogP contribution is 1.97. The van der Waals surface area contributed by atoms with Gasteiger partial charge in [-0.3, -0.25) is 0 Å². The van der Waals surface area contributed by atoms with E-state index in [4.69, 9.17) is 0 Å². The fraction of sp³-hybridized carbons (Fsp3) is 1.00. The van der Waals surface area contributed by atoms with E-state index >= 15 is 0 Å². The molecule has 0 aliphatic carbocycles. The highest BCUT2D eigenvalue weighted by Gasteiger charge is 1.92. The summed E-state index contributed by atoms with van der Waals surface area (Å²) in [7, 11) is 2.02. The number of rotatable bonds is 9. The molecule has 0 saturated heterocycles. The third-order valence-corrected chi connectivity index (χ3v) is 2.08. The van der Waals surface area contributed by atoms with E-state index in [-0.39, 0.29) is 0 Å². The Morgan fingerprint density at radius 3 is 2.08 bits per heavy atom. The first-order valence-corrected chi connectivity index (χ1v) is 5.62. The van der Waals surface area contributed by atoms with Crippen molar-refractivity contribution in [1.29, 1.82) is 0 Å². The average Bonchev–Trinajstić information content (AvgIpc) is 2.09. The van der Waals surface area contributed by atoms with E-state index in [2.05, 4.69) is 24.5 Å². The summed E-state index contributed by atoms with van der Waals surface area (Å²) in [5.74, 6) is 0.782. The molecule has 0 atom stereocenters. The molecule has 80 valence electrons. The molecule has 0 bridgehead atoms. The molecule has 0 aliphatic rings. The second-order valence-corrected chi connectivity index (χ2v) is 4.12. The van der Waals surface area contributed by atoms with Gasteiger partial charge in [0.1, 0.15) is 0 Å². The largest absolute Gasteiger partial charge is 0.320 e. The normalized spacial score (nSPS) is 11.1. The Kier molecular flexibility index (Phi) is 9.94. The van der Waals surface area contributed by atoms with Crippen LogP contribution in [0.1, 0.15) is 39.5 Å². The van der Waals surface area contributed by atoms with Crippen LogP contribution in [0.3, 0.4) is 0 Å². The van der Waals surface area contributed by atoms with Gasteiger partial charge in [0.25, 0.3) is 0 Å². The second-order valence-electron chi connectivity index (χ2n) is 4.12. The van der Waals surface area contributed by atoms with Gasteiger partial charge in [-0.25, -0.2) is 0 Å². The van der Waals surface area contributed by atoms with Crippen molar-refractivity contribution in [2.45, 2.75) is 39.5 Å². The number of hydrogen-bond acceptors (Lipinski definition) is 2. The minimum atomic E-state index is 0.782. The lowest BCUT2D eigenvalue weighted by molar-refractivity contribution is 0.524. The van der Waals surface area contributed by atoms with Gasteiger partial charge in [-0.05, 0) is 45.4 Å². The Labute approximate surface area is 83.5 Å². The number of nitrogens with one attached hydrogen (secondary N) is 2. The molecule has 0 heterocycles. The predicted octanol–water partition coefficient (Wildman–Crippen LogP) is 2.01. The van der Waals surface area contributed by atoms with Gasteiger partial charge in [-0.2, -0.15) is 0 Å². The average molecular weight is 186 g/mol. The topological polar surface area (TPSA) is 24.1 Å². The van der Waals surface area contributed by atoms with Crippen molar-refractivity contribution < 1.29 is 0 Å². The fourth-order valence-electron chi connectivity index (χ4n) is 1.30. The number of unbranched alkanes of at least 4 members (excludes halogenated alkanes) is 3. The third kappa shape index (κ3) is 11.9. The zero-order chi connectivity index (χ0) is 9.94. The van der Waals surface area contributed by atoms with Crippen LogP contribution in [0.15, 0.2) is 0 Å². The molecule has 0 aromatic rings. The second kappa shape index (κ2) is 10.0. The Balaban J connectivity index is 2.84. The summed E-state index contributed by atoms with van der Waals surface area (Å²) < 4.78 is 0. The molecule has 2 nitrogen and oxygen atoms in total. The molecule has 0 spiro atoms. The molecule has 0 unspecified atom stereocenters. The van der Waals surface area contributed by atoms with Gasteiger partial charge in [0, 0.05) is 0 Å². The molecule has 13 heavy (non-hydrogen) atoms. The van der Waals surface area contributed by atoms with E-state index in [0.29, 0.717) is 0 Å². The molecular formula is C11H26N2. The van der Waals surface area contributed by atoms with Crippen LogP contribution in [0.25, 0.3) is 0 Å². The minimum absolute atomic E-state index is 0.782. The first kappa shape index (κ1) is 12.9. The summed E-state index contributed by atoms with van der Waals surface area (Å²) in [5.41, 5.74) is 0. The lowest BCUT2D eigenvalue weighted by Gasteiger charge is -2.06. The summed E-state index contributed by atoms with van der Waals surface area (Å²) in [5, 5.41) is 6.63. The summed E-state index contributed by atoms with van der Waals surface area (Å²) in [4.78, 5) is 0. The van der Waals surface area contributed by atoms with E-state index in [0.717, 1.165) is 12.5 Å². The van der Waals surface area contributed by atoms with Crippen LogP contribution in [0.4, 0.5) is 0 Å². The highest BCUT2D eigenvalue weighted by molar-refractivity contribution is 4.52. The molecule has 0 rings (SSSR count). The van der Waals surface area contributed by atoms with Crippen LogP contribution in [-0.2, 0) is 0 Å². The SMILES string of the molecule is CNCCCCCCNCC(C)C. The van der Waals surface area contributed by atoms with Crippen molar-refractivity contribution in [3.8, 4) is 0 Å². The molecule has 0 fully saturated rings. The van der Waals surface area contributed by atoms with Gasteiger partial charge in [-0.15, -0.1) is 0 Å². The van der Waals surface area contributed by atoms with Crippen molar-refractivity contribution in [3.05, 3.63) is 0 Å². The fourth-order valence-corrected chi connectivity index (χ4v) is 1.30. The maximum atomic E-state index is 3.46. The minimum Gasteiger partial charge on any atom is -0.320 e. The lowest BCUT2D eigenvalue weighted by atomic mass is 10.2. The monoisotopic (exact) mass is 186 g/mol. The van der Waals surface area contributed by atoms with Crippen LogP contribution in [0, 0.1) is 5.92 Å². The van der Waals surface area contributed by atoms with E-state index in [9.17, 15) is 0 Å². The quantitative estimate of drug-likeness (QED) is 0.538. The van der Waals surface area contributed by atoms with E-state index in [1.54, 1.807) is 0 Å². The van der Waals surface area contributed by atoms with Crippen LogP contribution >= 0.6 is 0 Å². The van der Waals surface area contributed by atoms with Gasteiger partial charge in [0.05, 0.1) is 0 Å². The Morgan fingerprint density at radius 2 is 1.54 bits per heavy atom. The maximum Gasteiger partial charge on any atom is -0.00258 e. The first-order valence-electron chi connectivity index (χ1n) is 5.62. The lowest BCUT2D eigenvalue weighted by Crippen LogP contribution is -2.20. The standard InChI is InChI=1S/C11H26N2/c1-11(2)10-13-9-7-5-4-6-8-12-3/h11-13H,4-10H2,1-3H3. The Bertz CT molecular complexity index is 92.1.